The fourth-order valence-electron chi connectivity index (χ4n) is 3.35. The molecule has 1 atom stereocenters. The number of morpholine rings is 1. The lowest BCUT2D eigenvalue weighted by Crippen LogP contribution is -2.38. The number of carbonyl (C=O) groups is 1. The van der Waals surface area contributed by atoms with Crippen LogP contribution < -0.4 is 10.2 Å². The third-order valence-electron chi connectivity index (χ3n) is 5.03. The third kappa shape index (κ3) is 5.04. The molecule has 4 rings (SSSR count). The van der Waals surface area contributed by atoms with Gasteiger partial charge in [-0.3, -0.25) is 9.36 Å². The Morgan fingerprint density at radius 1 is 1.12 bits per heavy atom. The Morgan fingerprint density at radius 3 is 2.50 bits per heavy atom. The molecule has 0 aliphatic carbocycles. The summed E-state index contributed by atoms with van der Waals surface area (Å²) in [5.41, 5.74) is 2.47. The molecule has 1 N–H and O–H groups in total. The van der Waals surface area contributed by atoms with Crippen LogP contribution in [0.1, 0.15) is 12.5 Å². The summed E-state index contributed by atoms with van der Waals surface area (Å²) in [5, 5.41) is 12.7. The van der Waals surface area contributed by atoms with Crippen LogP contribution in [0.4, 0.5) is 11.6 Å². The number of nitrogens with zero attached hydrogens (tertiary/aromatic N) is 4. The topological polar surface area (TPSA) is 72.3 Å². The molecule has 0 bridgehead atoms. The normalized spacial score (nSPS) is 14.9. The molecule has 1 amide bonds. The maximum Gasteiger partial charge on any atom is 0.237 e. The molecule has 0 saturated carbocycles. The lowest BCUT2D eigenvalue weighted by molar-refractivity contribution is -0.115. The van der Waals surface area contributed by atoms with Crippen LogP contribution in [0.5, 0.6) is 0 Å². The van der Waals surface area contributed by atoms with Gasteiger partial charge in [0.05, 0.1) is 39.9 Å². The van der Waals surface area contributed by atoms with E-state index in [0.29, 0.717) is 34.1 Å². The lowest BCUT2D eigenvalue weighted by Gasteiger charge is -2.28. The predicted molar refractivity (Wildman–Crippen MR) is 130 cm³/mol. The Kier molecular flexibility index (Phi) is 7.25. The molecule has 0 radical (unpaired) electrons. The zero-order valence-electron chi connectivity index (χ0n) is 17.7. The van der Waals surface area contributed by atoms with Crippen LogP contribution in [0.3, 0.4) is 0 Å². The highest BCUT2D eigenvalue weighted by atomic mass is 35.5. The van der Waals surface area contributed by atoms with Gasteiger partial charge in [-0.15, -0.1) is 10.2 Å². The molecule has 1 unspecified atom stereocenters. The van der Waals surface area contributed by atoms with Gasteiger partial charge >= 0.3 is 0 Å². The minimum atomic E-state index is -0.465. The molecular formula is C22H23Cl2N5O2S. The number of aryl methyl sites for hydroxylation is 1. The average Bonchev–Trinajstić information content (AvgIpc) is 3.20. The molecular weight excluding hydrogens is 469 g/mol. The van der Waals surface area contributed by atoms with Crippen molar-refractivity contribution >= 4 is 52.5 Å². The van der Waals surface area contributed by atoms with Crippen molar-refractivity contribution in [1.82, 2.24) is 14.8 Å². The smallest absolute Gasteiger partial charge is 0.237 e. The molecule has 1 aliphatic rings. The molecule has 168 valence electrons. The first kappa shape index (κ1) is 22.9. The van der Waals surface area contributed by atoms with Crippen LogP contribution in [0, 0.1) is 6.92 Å². The quantitative estimate of drug-likeness (QED) is 0.497. The summed E-state index contributed by atoms with van der Waals surface area (Å²) in [6.07, 6.45) is 0. The van der Waals surface area contributed by atoms with Crippen LogP contribution in [-0.4, -0.2) is 52.2 Å². The van der Waals surface area contributed by atoms with Crippen molar-refractivity contribution in [3.05, 3.63) is 58.1 Å². The van der Waals surface area contributed by atoms with Crippen molar-refractivity contribution in [2.75, 3.05) is 36.5 Å². The highest BCUT2D eigenvalue weighted by molar-refractivity contribution is 8.00. The lowest BCUT2D eigenvalue weighted by atomic mass is 10.2. The zero-order valence-corrected chi connectivity index (χ0v) is 20.0. The van der Waals surface area contributed by atoms with Gasteiger partial charge in [-0.05, 0) is 43.7 Å². The van der Waals surface area contributed by atoms with E-state index in [2.05, 4.69) is 26.5 Å². The van der Waals surface area contributed by atoms with Gasteiger partial charge < -0.3 is 15.0 Å². The first-order chi connectivity index (χ1) is 15.4. The summed E-state index contributed by atoms with van der Waals surface area (Å²) in [5.74, 6) is 0.514. The summed E-state index contributed by atoms with van der Waals surface area (Å²) in [6, 6.07) is 13.2. The van der Waals surface area contributed by atoms with Gasteiger partial charge in [0.1, 0.15) is 0 Å². The summed E-state index contributed by atoms with van der Waals surface area (Å²) >= 11 is 13.7. The van der Waals surface area contributed by atoms with E-state index < -0.39 is 5.25 Å². The predicted octanol–water partition coefficient (Wildman–Crippen LogP) is 4.84. The largest absolute Gasteiger partial charge is 0.378 e. The number of para-hydroxylation sites is 1. The Balaban J connectivity index is 1.61. The van der Waals surface area contributed by atoms with Crippen molar-refractivity contribution in [2.45, 2.75) is 24.3 Å². The average molecular weight is 492 g/mol. The number of amides is 1. The van der Waals surface area contributed by atoms with Crippen LogP contribution in [0.15, 0.2) is 47.6 Å². The number of benzene rings is 2. The molecule has 1 saturated heterocycles. The molecule has 1 fully saturated rings. The molecule has 0 spiro atoms. The third-order valence-corrected chi connectivity index (χ3v) is 6.71. The maximum absolute atomic E-state index is 12.9. The zero-order chi connectivity index (χ0) is 22.7. The fourth-order valence-corrected chi connectivity index (χ4v) is 4.71. The van der Waals surface area contributed by atoms with Crippen molar-refractivity contribution in [3.63, 3.8) is 0 Å². The fraction of sp³-hybridized carbons (Fsp3) is 0.318. The summed E-state index contributed by atoms with van der Waals surface area (Å²) in [6.45, 7) is 6.60. The second-order valence-corrected chi connectivity index (χ2v) is 9.52. The number of rotatable bonds is 6. The number of aromatic nitrogens is 3. The number of halogens is 2. The van der Waals surface area contributed by atoms with Gasteiger partial charge in [0.2, 0.25) is 11.9 Å². The van der Waals surface area contributed by atoms with E-state index in [1.165, 1.54) is 11.8 Å². The van der Waals surface area contributed by atoms with Crippen molar-refractivity contribution in [2.24, 2.45) is 0 Å². The molecule has 32 heavy (non-hydrogen) atoms. The molecule has 1 aromatic heterocycles. The first-order valence-electron chi connectivity index (χ1n) is 10.2. The number of nitrogens with one attached hydrogen (secondary N) is 1. The van der Waals surface area contributed by atoms with Gasteiger partial charge in [0.15, 0.2) is 5.16 Å². The number of hydrogen-bond donors (Lipinski definition) is 1. The summed E-state index contributed by atoms with van der Waals surface area (Å²) in [7, 11) is 0. The van der Waals surface area contributed by atoms with E-state index in [9.17, 15) is 4.79 Å². The molecule has 10 heteroatoms. The maximum atomic E-state index is 12.9. The molecule has 7 nitrogen and oxygen atoms in total. The van der Waals surface area contributed by atoms with Crippen LogP contribution >= 0.6 is 35.0 Å². The number of ether oxygens (including phenoxy) is 1. The second-order valence-electron chi connectivity index (χ2n) is 7.40. The van der Waals surface area contributed by atoms with E-state index in [0.717, 1.165) is 30.3 Å². The monoisotopic (exact) mass is 491 g/mol. The number of thioether (sulfide) groups is 1. The van der Waals surface area contributed by atoms with Crippen molar-refractivity contribution in [3.8, 4) is 5.69 Å². The minimum Gasteiger partial charge on any atom is -0.378 e. The van der Waals surface area contributed by atoms with Gasteiger partial charge in [-0.25, -0.2) is 0 Å². The minimum absolute atomic E-state index is 0.225. The summed E-state index contributed by atoms with van der Waals surface area (Å²) in [4.78, 5) is 15.0. The standard InChI is InChI=1S/C22H23Cl2N5O2S/c1-14-5-3-6-16(13-14)29-21(28-9-11-31-12-10-28)26-27-22(29)32-15(2)20(30)25-19-17(23)7-4-8-18(19)24/h3-8,13,15H,9-12H2,1-2H3,(H,25,30). The van der Waals surface area contributed by atoms with Gasteiger partial charge in [-0.2, -0.15) is 0 Å². The molecule has 2 heterocycles. The SMILES string of the molecule is Cc1cccc(-n2c(SC(C)C(=O)Nc3c(Cl)cccc3Cl)nnc2N2CCOCC2)c1. The Labute approximate surface area is 201 Å². The van der Waals surface area contributed by atoms with E-state index in [-0.39, 0.29) is 5.91 Å². The number of carbonyl (C=O) groups excluding carboxylic acids is 1. The second kappa shape index (κ2) is 10.1. The molecule has 2 aromatic carbocycles. The Hall–Kier alpha value is -2.26. The number of anilines is 2. The van der Waals surface area contributed by atoms with Crippen LogP contribution in [0.2, 0.25) is 10.0 Å². The van der Waals surface area contributed by atoms with E-state index in [1.54, 1.807) is 18.2 Å². The van der Waals surface area contributed by atoms with Gasteiger partial charge in [0.25, 0.3) is 0 Å². The Bertz CT molecular complexity index is 1100. The Morgan fingerprint density at radius 2 is 1.81 bits per heavy atom. The summed E-state index contributed by atoms with van der Waals surface area (Å²) < 4.78 is 7.48. The van der Waals surface area contributed by atoms with Crippen molar-refractivity contribution in [1.29, 1.82) is 0 Å². The van der Waals surface area contributed by atoms with Gasteiger partial charge in [0, 0.05) is 13.1 Å². The highest BCUT2D eigenvalue weighted by Gasteiger charge is 2.25. The van der Waals surface area contributed by atoms with E-state index >= 15 is 0 Å². The highest BCUT2D eigenvalue weighted by Crippen LogP contribution is 2.33. The van der Waals surface area contributed by atoms with E-state index in [4.69, 9.17) is 27.9 Å². The van der Waals surface area contributed by atoms with Crippen LogP contribution in [0.25, 0.3) is 5.69 Å². The first-order valence-corrected chi connectivity index (χ1v) is 11.8. The van der Waals surface area contributed by atoms with Crippen LogP contribution in [-0.2, 0) is 9.53 Å². The molecule has 1 aliphatic heterocycles. The van der Waals surface area contributed by atoms with Gasteiger partial charge in [-0.1, -0.05) is 53.2 Å². The molecule has 3 aromatic rings. The number of hydrogen-bond acceptors (Lipinski definition) is 6. The van der Waals surface area contributed by atoms with Crippen molar-refractivity contribution < 1.29 is 9.53 Å². The van der Waals surface area contributed by atoms with E-state index in [1.807, 2.05) is 36.6 Å².